The molecule has 36 heavy (non-hydrogen) atoms. The summed E-state index contributed by atoms with van der Waals surface area (Å²) in [5.41, 5.74) is -3.65. The van der Waals surface area contributed by atoms with Crippen molar-refractivity contribution in [1.29, 1.82) is 0 Å². The molecule has 2 unspecified atom stereocenters. The SMILES string of the molecule is CCC(C)(CC(C)(CC(C)(C)C(=O)OCCCOC)C(=O)OCCC(=O)O)C(=O)OCCC(=O)OC. The van der Waals surface area contributed by atoms with E-state index in [1.54, 1.807) is 41.7 Å². The molecule has 0 aromatic carbocycles. The maximum atomic E-state index is 13.2. The number of methoxy groups -OCH3 is 2. The highest BCUT2D eigenvalue weighted by Crippen LogP contribution is 2.45. The van der Waals surface area contributed by atoms with Crippen LogP contribution >= 0.6 is 0 Å². The van der Waals surface area contributed by atoms with Gasteiger partial charge in [0.25, 0.3) is 0 Å². The van der Waals surface area contributed by atoms with Crippen LogP contribution in [-0.4, -0.2) is 75.6 Å². The third kappa shape index (κ3) is 11.4. The summed E-state index contributed by atoms with van der Waals surface area (Å²) in [4.78, 5) is 61.2. The summed E-state index contributed by atoms with van der Waals surface area (Å²) in [5.74, 6) is -3.53. The Hall–Kier alpha value is -2.69. The maximum Gasteiger partial charge on any atom is 0.311 e. The fraction of sp³-hybridized carbons (Fsp3) is 0.800. The summed E-state index contributed by atoms with van der Waals surface area (Å²) in [6.07, 6.45) is 0.244. The molecule has 0 spiro atoms. The first kappa shape index (κ1) is 33.3. The normalized spacial score (nSPS) is 14.6. The van der Waals surface area contributed by atoms with Crippen LogP contribution in [0.2, 0.25) is 0 Å². The van der Waals surface area contributed by atoms with Crippen molar-refractivity contribution in [2.24, 2.45) is 16.2 Å². The Bertz CT molecular complexity index is 761. The van der Waals surface area contributed by atoms with E-state index < -0.39 is 46.1 Å². The van der Waals surface area contributed by atoms with Gasteiger partial charge in [-0.15, -0.1) is 0 Å². The Kier molecular flexibility index (Phi) is 14.3. The molecular formula is C25H42O11. The molecule has 0 heterocycles. The number of carboxylic acids is 1. The van der Waals surface area contributed by atoms with Gasteiger partial charge in [-0.3, -0.25) is 24.0 Å². The minimum Gasteiger partial charge on any atom is -0.481 e. The molecule has 0 saturated heterocycles. The molecule has 0 fully saturated rings. The van der Waals surface area contributed by atoms with Crippen molar-refractivity contribution in [3.63, 3.8) is 0 Å². The van der Waals surface area contributed by atoms with Crippen LogP contribution in [0.5, 0.6) is 0 Å². The van der Waals surface area contributed by atoms with Crippen molar-refractivity contribution in [3.8, 4) is 0 Å². The summed E-state index contributed by atoms with van der Waals surface area (Å²) in [6, 6.07) is 0. The third-order valence-electron chi connectivity index (χ3n) is 5.97. The minimum absolute atomic E-state index is 0.0277. The van der Waals surface area contributed by atoms with Gasteiger partial charge in [-0.1, -0.05) is 6.92 Å². The van der Waals surface area contributed by atoms with E-state index in [2.05, 4.69) is 4.74 Å². The van der Waals surface area contributed by atoms with E-state index in [4.69, 9.17) is 24.1 Å². The number of ether oxygens (including phenoxy) is 5. The van der Waals surface area contributed by atoms with Gasteiger partial charge in [0.15, 0.2) is 0 Å². The number of hydrogen-bond acceptors (Lipinski definition) is 10. The van der Waals surface area contributed by atoms with Gasteiger partial charge in [-0.05, 0) is 47.0 Å². The monoisotopic (exact) mass is 518 g/mol. The van der Waals surface area contributed by atoms with Crippen LogP contribution in [0.25, 0.3) is 0 Å². The van der Waals surface area contributed by atoms with Crippen molar-refractivity contribution >= 4 is 29.8 Å². The van der Waals surface area contributed by atoms with Crippen LogP contribution in [0.1, 0.15) is 73.1 Å². The van der Waals surface area contributed by atoms with Crippen LogP contribution in [0.15, 0.2) is 0 Å². The van der Waals surface area contributed by atoms with Crippen molar-refractivity contribution < 1.29 is 52.8 Å². The molecule has 0 amide bonds. The summed E-state index contributed by atoms with van der Waals surface area (Å²) < 4.78 is 25.4. The highest BCUT2D eigenvalue weighted by molar-refractivity contribution is 5.83. The molecule has 208 valence electrons. The number of esters is 4. The molecule has 0 rings (SSSR count). The first-order valence-corrected chi connectivity index (χ1v) is 12.0. The molecule has 0 saturated carbocycles. The molecule has 0 radical (unpaired) electrons. The van der Waals surface area contributed by atoms with E-state index in [1.165, 1.54) is 7.11 Å². The lowest BCUT2D eigenvalue weighted by atomic mass is 9.65. The molecule has 11 nitrogen and oxygen atoms in total. The Morgan fingerprint density at radius 1 is 0.694 bits per heavy atom. The molecule has 0 bridgehead atoms. The minimum atomic E-state index is -1.36. The van der Waals surface area contributed by atoms with Crippen molar-refractivity contribution in [1.82, 2.24) is 0 Å². The fourth-order valence-corrected chi connectivity index (χ4v) is 3.93. The molecule has 2 atom stereocenters. The van der Waals surface area contributed by atoms with Gasteiger partial charge in [-0.2, -0.15) is 0 Å². The second-order valence-electron chi connectivity index (χ2n) is 9.94. The Morgan fingerprint density at radius 3 is 1.72 bits per heavy atom. The first-order chi connectivity index (χ1) is 16.7. The predicted molar refractivity (Wildman–Crippen MR) is 128 cm³/mol. The standard InChI is InChI=1S/C25H42O11/c1-8-24(4,21(30)36-15-11-19(28)33-7)17-25(5,22(31)35-14-10-18(26)27)16-23(2,3)20(29)34-13-9-12-32-6/h8-17H2,1-7H3,(H,26,27). The van der Waals surface area contributed by atoms with E-state index in [9.17, 15) is 24.0 Å². The molecule has 1 N–H and O–H groups in total. The quantitative estimate of drug-likeness (QED) is 0.162. The fourth-order valence-electron chi connectivity index (χ4n) is 3.93. The van der Waals surface area contributed by atoms with Crippen molar-refractivity contribution in [3.05, 3.63) is 0 Å². The lowest BCUT2D eigenvalue weighted by molar-refractivity contribution is -0.169. The zero-order valence-electron chi connectivity index (χ0n) is 22.6. The van der Waals surface area contributed by atoms with E-state index in [1.807, 2.05) is 0 Å². The number of rotatable bonds is 18. The topological polar surface area (TPSA) is 152 Å². The maximum absolute atomic E-state index is 13.2. The van der Waals surface area contributed by atoms with Gasteiger partial charge in [0.1, 0.15) is 13.2 Å². The average Bonchev–Trinajstić information content (AvgIpc) is 2.80. The van der Waals surface area contributed by atoms with Gasteiger partial charge in [0, 0.05) is 20.1 Å². The van der Waals surface area contributed by atoms with Crippen LogP contribution in [0.3, 0.4) is 0 Å². The smallest absolute Gasteiger partial charge is 0.311 e. The lowest BCUT2D eigenvalue weighted by Gasteiger charge is -2.39. The van der Waals surface area contributed by atoms with Crippen molar-refractivity contribution in [2.45, 2.75) is 73.1 Å². The van der Waals surface area contributed by atoms with Gasteiger partial charge in [0.05, 0.1) is 42.8 Å². The van der Waals surface area contributed by atoms with Gasteiger partial charge in [0.2, 0.25) is 0 Å². The Morgan fingerprint density at radius 2 is 1.22 bits per heavy atom. The molecule has 11 heteroatoms. The highest BCUT2D eigenvalue weighted by atomic mass is 16.6. The average molecular weight is 519 g/mol. The molecule has 0 aromatic heterocycles. The summed E-state index contributed by atoms with van der Waals surface area (Å²) in [6.45, 7) is 8.27. The van der Waals surface area contributed by atoms with Crippen LogP contribution in [0, 0.1) is 16.2 Å². The van der Waals surface area contributed by atoms with E-state index >= 15 is 0 Å². The Balaban J connectivity index is 5.78. The van der Waals surface area contributed by atoms with Crippen LogP contribution < -0.4 is 0 Å². The second-order valence-corrected chi connectivity index (χ2v) is 9.94. The van der Waals surface area contributed by atoms with E-state index in [-0.39, 0.29) is 45.5 Å². The molecular weight excluding hydrogens is 476 g/mol. The van der Waals surface area contributed by atoms with Gasteiger partial charge >= 0.3 is 29.8 Å². The highest BCUT2D eigenvalue weighted by Gasteiger charge is 2.49. The zero-order valence-corrected chi connectivity index (χ0v) is 22.6. The largest absolute Gasteiger partial charge is 0.481 e. The van der Waals surface area contributed by atoms with Crippen LogP contribution in [-0.2, 0) is 47.7 Å². The Labute approximate surface area is 213 Å². The number of carbonyl (C=O) groups is 5. The lowest BCUT2D eigenvalue weighted by Crippen LogP contribution is -2.44. The molecule has 0 aliphatic carbocycles. The van der Waals surface area contributed by atoms with Gasteiger partial charge < -0.3 is 28.8 Å². The second kappa shape index (κ2) is 15.4. The zero-order chi connectivity index (χ0) is 28.0. The number of hydrogen-bond donors (Lipinski definition) is 1. The molecule has 0 aromatic rings. The number of aliphatic carboxylic acids is 1. The molecule has 0 aliphatic heterocycles. The van der Waals surface area contributed by atoms with Crippen molar-refractivity contribution in [2.75, 3.05) is 40.6 Å². The number of carboxylic acid groups (broad SMARTS) is 1. The summed E-state index contributed by atoms with van der Waals surface area (Å²) in [7, 11) is 2.77. The van der Waals surface area contributed by atoms with E-state index in [0.29, 0.717) is 19.4 Å². The molecule has 0 aliphatic rings. The third-order valence-corrected chi connectivity index (χ3v) is 5.97. The number of carbonyl (C=O) groups excluding carboxylic acids is 4. The summed E-state index contributed by atoms with van der Waals surface area (Å²) in [5, 5.41) is 8.89. The van der Waals surface area contributed by atoms with E-state index in [0.717, 1.165) is 0 Å². The predicted octanol–water partition coefficient (Wildman–Crippen LogP) is 2.92. The van der Waals surface area contributed by atoms with Crippen LogP contribution in [0.4, 0.5) is 0 Å². The summed E-state index contributed by atoms with van der Waals surface area (Å²) >= 11 is 0. The van der Waals surface area contributed by atoms with Gasteiger partial charge in [-0.25, -0.2) is 0 Å². The first-order valence-electron chi connectivity index (χ1n) is 12.0.